The van der Waals surface area contributed by atoms with Crippen LogP contribution < -0.4 is 5.11 Å². The Bertz CT molecular complexity index is 1150. The van der Waals surface area contributed by atoms with Crippen LogP contribution >= 0.6 is 0 Å². The third-order valence-corrected chi connectivity index (χ3v) is 6.40. The van der Waals surface area contributed by atoms with Gasteiger partial charge in [0.05, 0.1) is 32.0 Å². The monoisotopic (exact) mass is 462 g/mol. The summed E-state index contributed by atoms with van der Waals surface area (Å²) in [7, 11) is 2.94. The van der Waals surface area contributed by atoms with E-state index in [4.69, 9.17) is 14.2 Å². The van der Waals surface area contributed by atoms with E-state index < -0.39 is 18.2 Å². The molecule has 0 spiro atoms. The summed E-state index contributed by atoms with van der Waals surface area (Å²) in [5.41, 5.74) is 2.42. The van der Waals surface area contributed by atoms with Crippen molar-refractivity contribution in [3.8, 4) is 0 Å². The van der Waals surface area contributed by atoms with E-state index >= 15 is 0 Å². The van der Waals surface area contributed by atoms with E-state index in [0.29, 0.717) is 18.8 Å². The zero-order valence-corrected chi connectivity index (χ0v) is 19.3. The zero-order chi connectivity index (χ0) is 24.1. The molecular weight excluding hydrogens is 434 g/mol. The SMILES string of the molecule is COCC1CN(C(=O)[O-])CC(OCc2ccc3ccccc3c2)C1c1ccc(C(=O)OC)cc1. The maximum Gasteiger partial charge on any atom is 0.337 e. The summed E-state index contributed by atoms with van der Waals surface area (Å²) in [5, 5.41) is 14.0. The van der Waals surface area contributed by atoms with Crippen molar-refractivity contribution >= 4 is 22.8 Å². The molecule has 0 radical (unpaired) electrons. The van der Waals surface area contributed by atoms with Gasteiger partial charge in [0.2, 0.25) is 0 Å². The predicted molar refractivity (Wildman–Crippen MR) is 125 cm³/mol. The van der Waals surface area contributed by atoms with Gasteiger partial charge in [0.25, 0.3) is 0 Å². The minimum absolute atomic E-state index is 0.122. The first kappa shape index (κ1) is 23.7. The highest BCUT2D eigenvalue weighted by Crippen LogP contribution is 2.36. The van der Waals surface area contributed by atoms with Crippen LogP contribution in [0.3, 0.4) is 0 Å². The molecule has 0 aliphatic carbocycles. The van der Waals surface area contributed by atoms with Crippen LogP contribution in [0.15, 0.2) is 66.7 Å². The Morgan fingerprint density at radius 2 is 1.71 bits per heavy atom. The second kappa shape index (κ2) is 10.7. The predicted octanol–water partition coefficient (Wildman–Crippen LogP) is 3.22. The van der Waals surface area contributed by atoms with E-state index in [1.54, 1.807) is 19.2 Å². The van der Waals surface area contributed by atoms with Crippen LogP contribution in [0.2, 0.25) is 0 Å². The molecule has 1 aliphatic rings. The average Bonchev–Trinajstić information content (AvgIpc) is 2.87. The van der Waals surface area contributed by atoms with Crippen molar-refractivity contribution in [2.24, 2.45) is 5.92 Å². The summed E-state index contributed by atoms with van der Waals surface area (Å²) in [6.07, 6.45) is -1.64. The van der Waals surface area contributed by atoms with E-state index in [1.165, 1.54) is 12.0 Å². The Kier molecular flexibility index (Phi) is 7.45. The Morgan fingerprint density at radius 1 is 0.971 bits per heavy atom. The van der Waals surface area contributed by atoms with E-state index in [9.17, 15) is 14.7 Å². The molecule has 0 aromatic heterocycles. The van der Waals surface area contributed by atoms with Crippen molar-refractivity contribution in [1.29, 1.82) is 0 Å². The molecule has 1 fully saturated rings. The molecule has 7 nitrogen and oxygen atoms in total. The van der Waals surface area contributed by atoms with Gasteiger partial charge in [-0.15, -0.1) is 0 Å². The second-order valence-electron chi connectivity index (χ2n) is 8.56. The van der Waals surface area contributed by atoms with Crippen LogP contribution in [-0.2, 0) is 20.8 Å². The molecule has 3 atom stereocenters. The van der Waals surface area contributed by atoms with Crippen molar-refractivity contribution < 1.29 is 28.9 Å². The number of rotatable bonds is 7. The number of likely N-dealkylation sites (tertiary alicyclic amines) is 1. The summed E-state index contributed by atoms with van der Waals surface area (Å²) in [4.78, 5) is 24.9. The first-order valence-corrected chi connectivity index (χ1v) is 11.2. The van der Waals surface area contributed by atoms with Gasteiger partial charge in [-0.1, -0.05) is 48.5 Å². The van der Waals surface area contributed by atoms with Gasteiger partial charge in [-0.05, 0) is 40.1 Å². The standard InChI is InChI=1S/C27H29NO6/c1-32-17-23-14-28(27(30)31)15-24(25(23)20-9-11-21(12-10-20)26(29)33-2)34-16-18-7-8-19-5-3-4-6-22(19)13-18/h3-13,23-25H,14-17H2,1-2H3,(H,30,31)/p-1. The molecule has 3 unspecified atom stereocenters. The minimum atomic E-state index is -1.22. The topological polar surface area (TPSA) is 88.1 Å². The number of ether oxygens (including phenoxy) is 3. The van der Waals surface area contributed by atoms with Gasteiger partial charge in [0.15, 0.2) is 0 Å². The highest BCUT2D eigenvalue weighted by atomic mass is 16.5. The number of carboxylic acid groups (broad SMARTS) is 1. The first-order chi connectivity index (χ1) is 16.5. The average molecular weight is 463 g/mol. The number of hydrogen-bond acceptors (Lipinski definition) is 6. The van der Waals surface area contributed by atoms with Gasteiger partial charge in [-0.25, -0.2) is 4.79 Å². The molecule has 0 N–H and O–H groups in total. The molecule has 4 rings (SSSR count). The van der Waals surface area contributed by atoms with Crippen LogP contribution in [0.25, 0.3) is 10.8 Å². The van der Waals surface area contributed by atoms with E-state index in [1.807, 2.05) is 30.3 Å². The van der Waals surface area contributed by atoms with Gasteiger partial charge in [0.1, 0.15) is 6.09 Å². The largest absolute Gasteiger partial charge is 0.530 e. The third kappa shape index (κ3) is 5.21. The highest BCUT2D eigenvalue weighted by Gasteiger charge is 2.39. The number of nitrogens with zero attached hydrogens (tertiary/aromatic N) is 1. The molecule has 1 heterocycles. The summed E-state index contributed by atoms with van der Waals surface area (Å²) in [6, 6.07) is 21.5. The van der Waals surface area contributed by atoms with E-state index in [-0.39, 0.29) is 24.9 Å². The smallest absolute Gasteiger partial charge is 0.337 e. The van der Waals surface area contributed by atoms with Gasteiger partial charge in [-0.3, -0.25) is 0 Å². The van der Waals surface area contributed by atoms with Crippen molar-refractivity contribution in [3.63, 3.8) is 0 Å². The van der Waals surface area contributed by atoms with Gasteiger partial charge in [0, 0.05) is 32.0 Å². The summed E-state index contributed by atoms with van der Waals surface area (Å²) in [5.74, 6) is -0.666. The van der Waals surface area contributed by atoms with Crippen molar-refractivity contribution in [2.75, 3.05) is 33.9 Å². The maximum absolute atomic E-state index is 11.9. The number of methoxy groups -OCH3 is 2. The van der Waals surface area contributed by atoms with Crippen LogP contribution in [0, 0.1) is 5.92 Å². The lowest BCUT2D eigenvalue weighted by Crippen LogP contribution is -2.55. The molecule has 7 heteroatoms. The molecule has 1 saturated heterocycles. The van der Waals surface area contributed by atoms with Crippen LogP contribution in [-0.4, -0.2) is 57.0 Å². The minimum Gasteiger partial charge on any atom is -0.530 e. The lowest BCUT2D eigenvalue weighted by atomic mass is 9.78. The summed E-state index contributed by atoms with van der Waals surface area (Å²) in [6.45, 7) is 1.19. The number of benzene rings is 3. The lowest BCUT2D eigenvalue weighted by molar-refractivity contribution is -0.270. The molecule has 0 bridgehead atoms. The third-order valence-electron chi connectivity index (χ3n) is 6.40. The van der Waals surface area contributed by atoms with Crippen LogP contribution in [0.4, 0.5) is 4.79 Å². The zero-order valence-electron chi connectivity index (χ0n) is 19.3. The Hall–Kier alpha value is -3.42. The van der Waals surface area contributed by atoms with Gasteiger partial charge >= 0.3 is 5.97 Å². The van der Waals surface area contributed by atoms with Gasteiger partial charge < -0.3 is 29.0 Å². The van der Waals surface area contributed by atoms with Crippen molar-refractivity contribution in [1.82, 2.24) is 4.90 Å². The lowest BCUT2D eigenvalue weighted by Gasteiger charge is -2.44. The molecule has 3 aromatic carbocycles. The summed E-state index contributed by atoms with van der Waals surface area (Å²) < 4.78 is 16.6. The van der Waals surface area contributed by atoms with Crippen LogP contribution in [0.5, 0.6) is 0 Å². The van der Waals surface area contributed by atoms with Gasteiger partial charge in [-0.2, -0.15) is 0 Å². The Morgan fingerprint density at radius 3 is 2.38 bits per heavy atom. The van der Waals surface area contributed by atoms with E-state index in [0.717, 1.165) is 21.9 Å². The second-order valence-corrected chi connectivity index (χ2v) is 8.56. The Labute approximate surface area is 198 Å². The quantitative estimate of drug-likeness (QED) is 0.501. The molecule has 0 saturated carbocycles. The number of esters is 1. The summed E-state index contributed by atoms with van der Waals surface area (Å²) >= 11 is 0. The fraction of sp³-hybridized carbons (Fsp3) is 0.333. The normalized spacial score (nSPS) is 20.3. The number of carbonyl (C=O) groups is 2. The number of carbonyl (C=O) groups excluding carboxylic acids is 2. The molecular formula is C27H28NO6-. The molecule has 1 aliphatic heterocycles. The van der Waals surface area contributed by atoms with E-state index in [2.05, 4.69) is 24.3 Å². The fourth-order valence-electron chi connectivity index (χ4n) is 4.76. The number of hydrogen-bond donors (Lipinski definition) is 0. The highest BCUT2D eigenvalue weighted by molar-refractivity contribution is 5.89. The number of piperidine rings is 1. The molecule has 178 valence electrons. The van der Waals surface area contributed by atoms with Crippen LogP contribution in [0.1, 0.15) is 27.4 Å². The number of fused-ring (bicyclic) bond motifs is 1. The first-order valence-electron chi connectivity index (χ1n) is 11.2. The maximum atomic E-state index is 11.9. The van der Waals surface area contributed by atoms with Crippen molar-refractivity contribution in [3.05, 3.63) is 83.4 Å². The van der Waals surface area contributed by atoms with Crippen molar-refractivity contribution in [2.45, 2.75) is 18.6 Å². The molecule has 3 aromatic rings. The Balaban J connectivity index is 1.61. The molecule has 1 amide bonds. The number of amides is 1. The fourth-order valence-corrected chi connectivity index (χ4v) is 4.76. The molecule has 34 heavy (non-hydrogen) atoms.